The molecule has 7 heteroatoms. The summed E-state index contributed by atoms with van der Waals surface area (Å²) in [5, 5.41) is 9.15. The number of amides is 2. The van der Waals surface area contributed by atoms with Crippen LogP contribution >= 0.6 is 0 Å². The number of hydrogen-bond acceptors (Lipinski definition) is 5. The first-order chi connectivity index (χ1) is 10.2. The van der Waals surface area contributed by atoms with Crippen molar-refractivity contribution in [3.8, 4) is 11.5 Å². The molecule has 1 fully saturated rings. The van der Waals surface area contributed by atoms with Crippen molar-refractivity contribution in [2.75, 3.05) is 6.54 Å². The number of nitrogens with zero attached hydrogens (tertiary/aromatic N) is 1. The molecule has 2 N–H and O–H groups in total. The van der Waals surface area contributed by atoms with Gasteiger partial charge in [0.15, 0.2) is 11.5 Å². The fourth-order valence-electron chi connectivity index (χ4n) is 2.23. The van der Waals surface area contributed by atoms with E-state index in [0.717, 1.165) is 12.8 Å². The molecule has 0 bridgehead atoms. The minimum Gasteiger partial charge on any atom is -0.461 e. The lowest BCUT2D eigenvalue weighted by molar-refractivity contribution is -0.122. The number of carbonyl (C=O) groups excluding carboxylic acids is 2. The molecule has 0 spiro atoms. The van der Waals surface area contributed by atoms with Crippen molar-refractivity contribution < 1.29 is 18.5 Å². The fourth-order valence-corrected chi connectivity index (χ4v) is 2.23. The van der Waals surface area contributed by atoms with Crippen LogP contribution in [0, 0.1) is 0 Å². The summed E-state index contributed by atoms with van der Waals surface area (Å²) in [6.45, 7) is 0.651. The van der Waals surface area contributed by atoms with Crippen molar-refractivity contribution in [1.29, 1.82) is 0 Å². The van der Waals surface area contributed by atoms with Gasteiger partial charge < -0.3 is 19.6 Å². The van der Waals surface area contributed by atoms with Gasteiger partial charge in [0.1, 0.15) is 6.04 Å². The monoisotopic (exact) mass is 289 g/mol. The predicted octanol–water partition coefficient (Wildman–Crippen LogP) is 1.33. The molecule has 110 valence electrons. The van der Waals surface area contributed by atoms with E-state index in [2.05, 4.69) is 15.8 Å². The summed E-state index contributed by atoms with van der Waals surface area (Å²) < 4.78 is 10.2. The van der Waals surface area contributed by atoms with Gasteiger partial charge in [-0.25, -0.2) is 0 Å². The molecular formula is C14H15N3O4. The van der Waals surface area contributed by atoms with Gasteiger partial charge in [-0.3, -0.25) is 9.59 Å². The van der Waals surface area contributed by atoms with Crippen molar-refractivity contribution in [3.63, 3.8) is 0 Å². The van der Waals surface area contributed by atoms with E-state index in [0.29, 0.717) is 24.5 Å². The highest BCUT2D eigenvalue weighted by molar-refractivity contribution is 5.96. The molecule has 0 aliphatic carbocycles. The maximum Gasteiger partial charge on any atom is 0.274 e. The lowest BCUT2D eigenvalue weighted by Gasteiger charge is -2.13. The average molecular weight is 289 g/mol. The van der Waals surface area contributed by atoms with Gasteiger partial charge in [0.2, 0.25) is 11.7 Å². The molecule has 7 nitrogen and oxygen atoms in total. The Morgan fingerprint density at radius 1 is 1.38 bits per heavy atom. The Hall–Kier alpha value is -2.57. The van der Waals surface area contributed by atoms with Gasteiger partial charge >= 0.3 is 0 Å². The minimum atomic E-state index is -0.524. The third kappa shape index (κ3) is 2.96. The summed E-state index contributed by atoms with van der Waals surface area (Å²) in [5.41, 5.74) is 0.124. The summed E-state index contributed by atoms with van der Waals surface area (Å²) in [6.07, 6.45) is 3.94. The topological polar surface area (TPSA) is 97.4 Å². The predicted molar refractivity (Wildman–Crippen MR) is 72.3 cm³/mol. The second-order valence-electron chi connectivity index (χ2n) is 4.87. The molecule has 2 aromatic rings. The zero-order chi connectivity index (χ0) is 14.7. The third-order valence-electron chi connectivity index (χ3n) is 3.35. The summed E-state index contributed by atoms with van der Waals surface area (Å²) in [6, 6.07) is 4.39. The first-order valence-corrected chi connectivity index (χ1v) is 6.83. The van der Waals surface area contributed by atoms with Crippen LogP contribution in [0.1, 0.15) is 29.8 Å². The molecule has 2 aromatic heterocycles. The van der Waals surface area contributed by atoms with E-state index in [9.17, 15) is 9.59 Å². The van der Waals surface area contributed by atoms with Crippen LogP contribution in [0.2, 0.25) is 0 Å². The van der Waals surface area contributed by atoms with Gasteiger partial charge in [0.05, 0.1) is 6.26 Å². The molecule has 3 rings (SSSR count). The highest BCUT2D eigenvalue weighted by atomic mass is 16.5. The van der Waals surface area contributed by atoms with Crippen LogP contribution in [0.4, 0.5) is 0 Å². The highest BCUT2D eigenvalue weighted by Crippen LogP contribution is 2.20. The molecule has 1 unspecified atom stereocenters. The average Bonchev–Trinajstić information content (AvgIpc) is 3.12. The molecule has 0 radical (unpaired) electrons. The highest BCUT2D eigenvalue weighted by Gasteiger charge is 2.24. The van der Waals surface area contributed by atoms with Crippen molar-refractivity contribution in [2.45, 2.75) is 25.3 Å². The SMILES string of the molecule is O=C(NC1CCCCNC1=O)c1cc(-c2ccco2)on1. The van der Waals surface area contributed by atoms with E-state index in [-0.39, 0.29) is 11.6 Å². The van der Waals surface area contributed by atoms with E-state index >= 15 is 0 Å². The van der Waals surface area contributed by atoms with Gasteiger partial charge in [-0.15, -0.1) is 0 Å². The number of rotatable bonds is 3. The van der Waals surface area contributed by atoms with Crippen LogP contribution in [-0.4, -0.2) is 29.6 Å². The van der Waals surface area contributed by atoms with Crippen molar-refractivity contribution >= 4 is 11.8 Å². The first-order valence-electron chi connectivity index (χ1n) is 6.83. The maximum atomic E-state index is 12.1. The van der Waals surface area contributed by atoms with Crippen molar-refractivity contribution in [3.05, 3.63) is 30.2 Å². The lowest BCUT2D eigenvalue weighted by atomic mass is 10.1. The number of aromatic nitrogens is 1. The van der Waals surface area contributed by atoms with Gasteiger partial charge in [0, 0.05) is 12.6 Å². The lowest BCUT2D eigenvalue weighted by Crippen LogP contribution is -2.45. The summed E-state index contributed by atoms with van der Waals surface area (Å²) >= 11 is 0. The van der Waals surface area contributed by atoms with E-state index in [1.165, 1.54) is 12.3 Å². The molecule has 2 amide bonds. The van der Waals surface area contributed by atoms with Crippen LogP contribution in [-0.2, 0) is 4.79 Å². The van der Waals surface area contributed by atoms with Crippen molar-refractivity contribution in [1.82, 2.24) is 15.8 Å². The number of nitrogens with one attached hydrogen (secondary N) is 2. The Balaban J connectivity index is 1.69. The quantitative estimate of drug-likeness (QED) is 0.888. The van der Waals surface area contributed by atoms with Gasteiger partial charge in [-0.1, -0.05) is 5.16 Å². The molecule has 0 saturated carbocycles. The van der Waals surface area contributed by atoms with E-state index < -0.39 is 11.9 Å². The van der Waals surface area contributed by atoms with Gasteiger partial charge in [0.25, 0.3) is 5.91 Å². The molecule has 3 heterocycles. The Labute approximate surface area is 120 Å². The van der Waals surface area contributed by atoms with E-state index in [4.69, 9.17) is 8.94 Å². The first kappa shape index (κ1) is 13.4. The Morgan fingerprint density at radius 2 is 2.29 bits per heavy atom. The summed E-state index contributed by atoms with van der Waals surface area (Å²) in [5.74, 6) is 0.276. The molecule has 1 aliphatic rings. The summed E-state index contributed by atoms with van der Waals surface area (Å²) in [7, 11) is 0. The second-order valence-corrected chi connectivity index (χ2v) is 4.87. The Bertz CT molecular complexity index is 632. The van der Waals surface area contributed by atoms with Crippen LogP contribution in [0.5, 0.6) is 0 Å². The zero-order valence-electron chi connectivity index (χ0n) is 11.3. The van der Waals surface area contributed by atoms with Crippen molar-refractivity contribution in [2.24, 2.45) is 0 Å². The molecule has 0 aromatic carbocycles. The smallest absolute Gasteiger partial charge is 0.274 e. The van der Waals surface area contributed by atoms with Gasteiger partial charge in [-0.05, 0) is 31.4 Å². The number of carbonyl (C=O) groups is 2. The molecule has 21 heavy (non-hydrogen) atoms. The van der Waals surface area contributed by atoms with E-state index in [1.54, 1.807) is 12.1 Å². The van der Waals surface area contributed by atoms with Crippen LogP contribution in [0.25, 0.3) is 11.5 Å². The largest absolute Gasteiger partial charge is 0.461 e. The molecule has 1 aliphatic heterocycles. The Kier molecular flexibility index (Phi) is 3.72. The van der Waals surface area contributed by atoms with E-state index in [1.807, 2.05) is 0 Å². The van der Waals surface area contributed by atoms with Gasteiger partial charge in [-0.2, -0.15) is 0 Å². The summed E-state index contributed by atoms with van der Waals surface area (Å²) in [4.78, 5) is 23.9. The maximum absolute atomic E-state index is 12.1. The number of hydrogen-bond donors (Lipinski definition) is 2. The van der Waals surface area contributed by atoms with Crippen LogP contribution in [0.15, 0.2) is 33.4 Å². The third-order valence-corrected chi connectivity index (χ3v) is 3.35. The minimum absolute atomic E-state index is 0.124. The number of furan rings is 1. The molecule has 1 saturated heterocycles. The van der Waals surface area contributed by atoms with Crippen LogP contribution < -0.4 is 10.6 Å². The molecular weight excluding hydrogens is 274 g/mol. The molecule has 1 atom stereocenters. The zero-order valence-corrected chi connectivity index (χ0v) is 11.3. The Morgan fingerprint density at radius 3 is 3.10 bits per heavy atom. The second kappa shape index (κ2) is 5.82. The normalized spacial score (nSPS) is 18.9. The standard InChI is InChI=1S/C14H15N3O4/c18-13-9(4-1-2-6-15-13)16-14(19)10-8-12(21-17-10)11-5-3-7-20-11/h3,5,7-9H,1-2,4,6H2,(H,15,18)(H,16,19). The fraction of sp³-hybridized carbons (Fsp3) is 0.357. The van der Waals surface area contributed by atoms with Crippen LogP contribution in [0.3, 0.4) is 0 Å².